The molecule has 2 heterocycles. The maximum atomic E-state index is 11.3. The first kappa shape index (κ1) is 19.3. The van der Waals surface area contributed by atoms with Crippen LogP contribution in [0, 0.1) is 11.3 Å². The fourth-order valence-electron chi connectivity index (χ4n) is 3.67. The molecule has 1 fully saturated rings. The Morgan fingerprint density at radius 1 is 1.17 bits per heavy atom. The number of hydrogen-bond donors (Lipinski definition) is 2. The maximum Gasteiger partial charge on any atom is 0.407 e. The molecular weight excluding hydrogens is 382 g/mol. The van der Waals surface area contributed by atoms with Gasteiger partial charge in [0, 0.05) is 18.7 Å². The third-order valence-electron chi connectivity index (χ3n) is 5.18. The van der Waals surface area contributed by atoms with Gasteiger partial charge < -0.3 is 20.5 Å². The van der Waals surface area contributed by atoms with E-state index in [1.54, 1.807) is 4.68 Å². The van der Waals surface area contributed by atoms with Crippen LogP contribution in [0.4, 0.5) is 10.6 Å². The number of anilines is 1. The van der Waals surface area contributed by atoms with Crippen molar-refractivity contribution in [3.63, 3.8) is 0 Å². The van der Waals surface area contributed by atoms with Crippen molar-refractivity contribution in [1.29, 1.82) is 5.26 Å². The van der Waals surface area contributed by atoms with E-state index < -0.39 is 6.09 Å². The number of likely N-dealkylation sites (tertiary alicyclic amines) is 1. The molecule has 1 amide bonds. The Bertz CT molecular complexity index is 1090. The van der Waals surface area contributed by atoms with Crippen LogP contribution in [0.2, 0.25) is 0 Å². The molecule has 1 aromatic heterocycles. The molecule has 1 saturated heterocycles. The number of nitrogens with zero attached hydrogens (tertiary/aromatic N) is 4. The molecule has 1 aliphatic rings. The van der Waals surface area contributed by atoms with E-state index in [9.17, 15) is 15.2 Å². The molecule has 0 radical (unpaired) electrons. The third-order valence-corrected chi connectivity index (χ3v) is 5.18. The lowest BCUT2D eigenvalue weighted by molar-refractivity contribution is 0.120. The zero-order valence-electron chi connectivity index (χ0n) is 16.2. The molecule has 30 heavy (non-hydrogen) atoms. The van der Waals surface area contributed by atoms with E-state index >= 15 is 0 Å². The Hall–Kier alpha value is -3.99. The number of rotatable bonds is 4. The van der Waals surface area contributed by atoms with Gasteiger partial charge in [-0.25, -0.2) is 9.48 Å². The molecular formula is C22H21N5O3. The van der Waals surface area contributed by atoms with E-state index in [0.29, 0.717) is 30.1 Å². The van der Waals surface area contributed by atoms with Gasteiger partial charge in [-0.2, -0.15) is 10.4 Å². The van der Waals surface area contributed by atoms with E-state index in [2.05, 4.69) is 11.2 Å². The van der Waals surface area contributed by atoms with Gasteiger partial charge in [0.25, 0.3) is 0 Å². The van der Waals surface area contributed by atoms with Crippen molar-refractivity contribution < 1.29 is 14.6 Å². The lowest BCUT2D eigenvalue weighted by atomic mass is 10.1. The molecule has 1 aliphatic heterocycles. The van der Waals surface area contributed by atoms with Crippen LogP contribution in [0.5, 0.6) is 11.5 Å². The number of nitrogen functional groups attached to an aromatic ring is 1. The van der Waals surface area contributed by atoms with Crippen molar-refractivity contribution in [1.82, 2.24) is 14.7 Å². The summed E-state index contributed by atoms with van der Waals surface area (Å²) >= 11 is 0. The molecule has 8 heteroatoms. The minimum Gasteiger partial charge on any atom is -0.465 e. The van der Waals surface area contributed by atoms with Gasteiger partial charge in [-0.3, -0.25) is 0 Å². The number of ether oxygens (including phenoxy) is 1. The number of benzene rings is 2. The Labute approximate surface area is 173 Å². The summed E-state index contributed by atoms with van der Waals surface area (Å²) in [5.74, 6) is 1.66. The van der Waals surface area contributed by atoms with E-state index in [1.807, 2.05) is 54.6 Å². The average molecular weight is 403 g/mol. The highest BCUT2D eigenvalue weighted by molar-refractivity contribution is 5.73. The minimum atomic E-state index is -0.958. The highest BCUT2D eigenvalue weighted by Crippen LogP contribution is 2.33. The van der Waals surface area contributed by atoms with E-state index in [1.165, 1.54) is 4.90 Å². The summed E-state index contributed by atoms with van der Waals surface area (Å²) in [6.07, 6.45) is 0.517. The number of hydrogen-bond acceptors (Lipinski definition) is 5. The zero-order valence-corrected chi connectivity index (χ0v) is 16.2. The molecule has 1 unspecified atom stereocenters. The normalized spacial score (nSPS) is 16.1. The molecule has 1 atom stereocenters. The summed E-state index contributed by atoms with van der Waals surface area (Å²) in [6, 6.07) is 18.7. The lowest BCUT2D eigenvalue weighted by Crippen LogP contribution is -2.40. The SMILES string of the molecule is N#Cc1c(-c2ccc(Oc3ccccc3)cc2)nn(C2CCCN(C(=O)O)C2)c1N. The van der Waals surface area contributed by atoms with Crippen molar-refractivity contribution in [2.75, 3.05) is 18.8 Å². The van der Waals surface area contributed by atoms with Crippen molar-refractivity contribution in [3.8, 4) is 28.8 Å². The molecule has 152 valence electrons. The van der Waals surface area contributed by atoms with E-state index in [4.69, 9.17) is 10.5 Å². The van der Waals surface area contributed by atoms with Crippen molar-refractivity contribution in [3.05, 3.63) is 60.2 Å². The fourth-order valence-corrected chi connectivity index (χ4v) is 3.67. The molecule has 8 nitrogen and oxygen atoms in total. The number of nitrogens with two attached hydrogens (primary N) is 1. The Balaban J connectivity index is 1.61. The molecule has 0 saturated carbocycles. The smallest absolute Gasteiger partial charge is 0.407 e. The van der Waals surface area contributed by atoms with Gasteiger partial charge in [0.15, 0.2) is 0 Å². The summed E-state index contributed by atoms with van der Waals surface area (Å²) < 4.78 is 7.40. The number of para-hydroxylation sites is 1. The summed E-state index contributed by atoms with van der Waals surface area (Å²) in [5, 5.41) is 23.5. The number of piperidine rings is 1. The highest BCUT2D eigenvalue weighted by atomic mass is 16.5. The first-order chi connectivity index (χ1) is 14.6. The second-order valence-electron chi connectivity index (χ2n) is 7.13. The Morgan fingerprint density at radius 3 is 2.53 bits per heavy atom. The van der Waals surface area contributed by atoms with Gasteiger partial charge in [-0.15, -0.1) is 0 Å². The lowest BCUT2D eigenvalue weighted by Gasteiger charge is -2.31. The molecule has 0 spiro atoms. The van der Waals surface area contributed by atoms with Crippen molar-refractivity contribution >= 4 is 11.9 Å². The molecule has 0 aliphatic carbocycles. The predicted octanol–water partition coefficient (Wildman–Crippen LogP) is 4.11. The van der Waals surface area contributed by atoms with Gasteiger partial charge >= 0.3 is 6.09 Å². The van der Waals surface area contributed by atoms with Gasteiger partial charge in [0.2, 0.25) is 0 Å². The van der Waals surface area contributed by atoms with E-state index in [-0.39, 0.29) is 11.9 Å². The first-order valence-electron chi connectivity index (χ1n) is 9.66. The molecule has 3 aromatic rings. The fraction of sp³-hybridized carbons (Fsp3) is 0.227. The molecule has 3 N–H and O–H groups in total. The monoisotopic (exact) mass is 403 g/mol. The summed E-state index contributed by atoms with van der Waals surface area (Å²) in [5.41, 5.74) is 7.73. The Kier molecular flexibility index (Phi) is 5.26. The zero-order chi connectivity index (χ0) is 21.1. The number of amides is 1. The predicted molar refractivity (Wildman–Crippen MR) is 111 cm³/mol. The number of carbonyl (C=O) groups is 1. The average Bonchev–Trinajstić information content (AvgIpc) is 3.11. The van der Waals surface area contributed by atoms with Gasteiger partial charge in [0.05, 0.1) is 6.04 Å². The topological polar surface area (TPSA) is 117 Å². The van der Waals surface area contributed by atoms with Crippen LogP contribution in [0.1, 0.15) is 24.4 Å². The highest BCUT2D eigenvalue weighted by Gasteiger charge is 2.28. The van der Waals surface area contributed by atoms with Crippen LogP contribution in [-0.4, -0.2) is 39.0 Å². The van der Waals surface area contributed by atoms with Crippen LogP contribution in [0.3, 0.4) is 0 Å². The van der Waals surface area contributed by atoms with Crippen molar-refractivity contribution in [2.24, 2.45) is 0 Å². The molecule has 2 aromatic carbocycles. The summed E-state index contributed by atoms with van der Waals surface area (Å²) in [4.78, 5) is 12.7. The second-order valence-corrected chi connectivity index (χ2v) is 7.13. The number of carboxylic acid groups (broad SMARTS) is 1. The largest absolute Gasteiger partial charge is 0.465 e. The standard InChI is InChI=1S/C22H21N5O3/c23-13-19-20(15-8-10-18(11-9-15)30-17-6-2-1-3-7-17)25-27(21(19)24)16-5-4-12-26(14-16)22(28)29/h1-3,6-11,16H,4-5,12,14,24H2,(H,28,29). The van der Waals surface area contributed by atoms with Gasteiger partial charge in [-0.1, -0.05) is 18.2 Å². The van der Waals surface area contributed by atoms with Crippen LogP contribution in [0.25, 0.3) is 11.3 Å². The molecule has 4 rings (SSSR count). The van der Waals surface area contributed by atoms with Crippen LogP contribution in [0.15, 0.2) is 54.6 Å². The molecule has 0 bridgehead atoms. The number of aromatic nitrogens is 2. The third kappa shape index (κ3) is 3.78. The maximum absolute atomic E-state index is 11.3. The van der Waals surface area contributed by atoms with Crippen molar-refractivity contribution in [2.45, 2.75) is 18.9 Å². The summed E-state index contributed by atoms with van der Waals surface area (Å²) in [6.45, 7) is 0.795. The minimum absolute atomic E-state index is 0.198. The second kappa shape index (κ2) is 8.17. The summed E-state index contributed by atoms with van der Waals surface area (Å²) in [7, 11) is 0. The van der Waals surface area contributed by atoms with Crippen LogP contribution >= 0.6 is 0 Å². The van der Waals surface area contributed by atoms with Crippen LogP contribution in [-0.2, 0) is 0 Å². The van der Waals surface area contributed by atoms with Crippen LogP contribution < -0.4 is 10.5 Å². The van der Waals surface area contributed by atoms with E-state index in [0.717, 1.165) is 24.2 Å². The van der Waals surface area contributed by atoms with Gasteiger partial charge in [0.1, 0.15) is 34.6 Å². The quantitative estimate of drug-likeness (QED) is 0.677. The Morgan fingerprint density at radius 2 is 1.87 bits per heavy atom. The first-order valence-corrected chi connectivity index (χ1v) is 9.66. The van der Waals surface area contributed by atoms with Gasteiger partial charge in [-0.05, 0) is 49.2 Å². The number of nitriles is 1.